The molecule has 1 saturated heterocycles. The first-order chi connectivity index (χ1) is 13.0. The predicted molar refractivity (Wildman–Crippen MR) is 102 cm³/mol. The Morgan fingerprint density at radius 1 is 1.19 bits per heavy atom. The third-order valence-electron chi connectivity index (χ3n) is 4.05. The van der Waals surface area contributed by atoms with Crippen LogP contribution in [0.15, 0.2) is 53.4 Å². The number of nitro groups is 1. The third kappa shape index (κ3) is 4.17. The summed E-state index contributed by atoms with van der Waals surface area (Å²) < 4.78 is 5.20. The maximum absolute atomic E-state index is 12.6. The summed E-state index contributed by atoms with van der Waals surface area (Å²) in [5, 5.41) is 10.6. The van der Waals surface area contributed by atoms with Gasteiger partial charge in [-0.2, -0.15) is 0 Å². The van der Waals surface area contributed by atoms with Crippen molar-refractivity contribution in [2.75, 3.05) is 13.7 Å². The molecule has 0 aromatic heterocycles. The van der Waals surface area contributed by atoms with Crippen LogP contribution in [-0.4, -0.2) is 34.6 Å². The maximum Gasteiger partial charge on any atom is 0.293 e. The van der Waals surface area contributed by atoms with Gasteiger partial charge >= 0.3 is 0 Å². The highest BCUT2D eigenvalue weighted by Crippen LogP contribution is 2.35. The van der Waals surface area contributed by atoms with Gasteiger partial charge in [-0.25, -0.2) is 0 Å². The number of nitrogens with zero attached hydrogens (tertiary/aromatic N) is 2. The van der Waals surface area contributed by atoms with E-state index in [0.29, 0.717) is 17.7 Å². The molecule has 0 saturated carbocycles. The SMILES string of the molecule is COc1ccc([N+](=O)[O-])cc1/C=C1/SC(=O)N(CCc2ccccc2)C1=O. The van der Waals surface area contributed by atoms with Crippen molar-refractivity contribution < 1.29 is 19.2 Å². The Morgan fingerprint density at radius 3 is 2.59 bits per heavy atom. The normalized spacial score (nSPS) is 15.4. The molecule has 1 fully saturated rings. The van der Waals surface area contributed by atoms with Gasteiger partial charge in [-0.15, -0.1) is 0 Å². The lowest BCUT2D eigenvalue weighted by Crippen LogP contribution is -2.30. The van der Waals surface area contributed by atoms with Crippen molar-refractivity contribution >= 4 is 34.7 Å². The Labute approximate surface area is 159 Å². The van der Waals surface area contributed by atoms with Gasteiger partial charge in [0.2, 0.25) is 0 Å². The van der Waals surface area contributed by atoms with Gasteiger partial charge in [0, 0.05) is 24.2 Å². The van der Waals surface area contributed by atoms with E-state index in [0.717, 1.165) is 17.3 Å². The molecule has 2 amide bonds. The van der Waals surface area contributed by atoms with Crippen molar-refractivity contribution in [3.05, 3.63) is 74.7 Å². The molecule has 0 spiro atoms. The van der Waals surface area contributed by atoms with Gasteiger partial charge in [-0.3, -0.25) is 24.6 Å². The number of non-ortho nitro benzene ring substituents is 1. The molecule has 1 aliphatic rings. The lowest BCUT2D eigenvalue weighted by atomic mass is 10.1. The molecule has 8 heteroatoms. The minimum absolute atomic E-state index is 0.120. The number of ether oxygens (including phenoxy) is 1. The highest BCUT2D eigenvalue weighted by Gasteiger charge is 2.34. The molecular weight excluding hydrogens is 368 g/mol. The summed E-state index contributed by atoms with van der Waals surface area (Å²) in [6, 6.07) is 13.7. The number of thioether (sulfide) groups is 1. The van der Waals surface area contributed by atoms with E-state index in [-0.39, 0.29) is 22.4 Å². The molecule has 27 heavy (non-hydrogen) atoms. The average Bonchev–Trinajstić information content (AvgIpc) is 2.93. The highest BCUT2D eigenvalue weighted by atomic mass is 32.2. The molecule has 0 atom stereocenters. The molecule has 2 aromatic carbocycles. The van der Waals surface area contributed by atoms with E-state index in [9.17, 15) is 19.7 Å². The Bertz CT molecular complexity index is 927. The molecule has 1 aliphatic heterocycles. The number of methoxy groups -OCH3 is 1. The van der Waals surface area contributed by atoms with Gasteiger partial charge in [0.15, 0.2) is 0 Å². The first kappa shape index (κ1) is 18.7. The van der Waals surface area contributed by atoms with E-state index in [1.807, 2.05) is 30.3 Å². The van der Waals surface area contributed by atoms with Crippen molar-refractivity contribution in [1.29, 1.82) is 0 Å². The Balaban J connectivity index is 1.82. The van der Waals surface area contributed by atoms with Crippen LogP contribution in [-0.2, 0) is 11.2 Å². The summed E-state index contributed by atoms with van der Waals surface area (Å²) in [6.07, 6.45) is 2.02. The standard InChI is InChI=1S/C19H16N2O5S/c1-26-16-8-7-15(21(24)25)11-14(16)12-17-18(22)20(19(23)27-17)10-9-13-5-3-2-4-6-13/h2-8,11-12H,9-10H2,1H3/b17-12+. The Morgan fingerprint density at radius 2 is 1.93 bits per heavy atom. The second kappa shape index (κ2) is 8.05. The van der Waals surface area contributed by atoms with E-state index >= 15 is 0 Å². The number of hydrogen-bond donors (Lipinski definition) is 0. The van der Waals surface area contributed by atoms with E-state index in [1.165, 1.54) is 36.3 Å². The molecule has 0 aliphatic carbocycles. The highest BCUT2D eigenvalue weighted by molar-refractivity contribution is 8.18. The minimum Gasteiger partial charge on any atom is -0.496 e. The first-order valence-corrected chi connectivity index (χ1v) is 8.93. The molecule has 0 bridgehead atoms. The van der Waals surface area contributed by atoms with Crippen LogP contribution in [0.4, 0.5) is 10.5 Å². The van der Waals surface area contributed by atoms with E-state index in [1.54, 1.807) is 0 Å². The molecule has 7 nitrogen and oxygen atoms in total. The minimum atomic E-state index is -0.525. The molecular formula is C19H16N2O5S. The van der Waals surface area contributed by atoms with Gasteiger partial charge in [0.1, 0.15) is 5.75 Å². The van der Waals surface area contributed by atoms with Gasteiger partial charge in [0.05, 0.1) is 16.9 Å². The van der Waals surface area contributed by atoms with Crippen molar-refractivity contribution in [2.24, 2.45) is 0 Å². The van der Waals surface area contributed by atoms with Crippen LogP contribution in [0.1, 0.15) is 11.1 Å². The average molecular weight is 384 g/mol. The van der Waals surface area contributed by atoms with Gasteiger partial charge in [-0.1, -0.05) is 30.3 Å². The van der Waals surface area contributed by atoms with Crippen LogP contribution in [0, 0.1) is 10.1 Å². The van der Waals surface area contributed by atoms with Crippen molar-refractivity contribution in [3.63, 3.8) is 0 Å². The Hall–Kier alpha value is -3.13. The summed E-state index contributed by atoms with van der Waals surface area (Å²) in [5.74, 6) is -0.0221. The van der Waals surface area contributed by atoms with Crippen molar-refractivity contribution in [1.82, 2.24) is 4.90 Å². The Kier molecular flexibility index (Phi) is 5.56. The summed E-state index contributed by atoms with van der Waals surface area (Å²) in [7, 11) is 1.43. The zero-order valence-electron chi connectivity index (χ0n) is 14.5. The molecule has 1 heterocycles. The quantitative estimate of drug-likeness (QED) is 0.426. The number of amides is 2. The fraction of sp³-hybridized carbons (Fsp3) is 0.158. The zero-order chi connectivity index (χ0) is 19.4. The summed E-state index contributed by atoms with van der Waals surface area (Å²) >= 11 is 0.818. The molecule has 3 rings (SSSR count). The number of hydrogen-bond acceptors (Lipinski definition) is 6. The van der Waals surface area contributed by atoms with Crippen LogP contribution in [0.5, 0.6) is 5.75 Å². The lowest BCUT2D eigenvalue weighted by molar-refractivity contribution is -0.384. The van der Waals surface area contributed by atoms with Crippen LogP contribution in [0.25, 0.3) is 6.08 Å². The maximum atomic E-state index is 12.6. The van der Waals surface area contributed by atoms with Crippen LogP contribution >= 0.6 is 11.8 Å². The third-order valence-corrected chi connectivity index (χ3v) is 4.96. The monoisotopic (exact) mass is 384 g/mol. The second-order valence-corrected chi connectivity index (χ2v) is 6.75. The number of carbonyl (C=O) groups is 2. The number of benzene rings is 2. The number of imide groups is 1. The van der Waals surface area contributed by atoms with Crippen LogP contribution in [0.3, 0.4) is 0 Å². The predicted octanol–water partition coefficient (Wildman–Crippen LogP) is 3.88. The molecule has 138 valence electrons. The van der Waals surface area contributed by atoms with E-state index in [4.69, 9.17) is 4.74 Å². The van der Waals surface area contributed by atoms with Gasteiger partial charge in [-0.05, 0) is 35.9 Å². The number of rotatable bonds is 6. The largest absolute Gasteiger partial charge is 0.496 e. The number of carbonyl (C=O) groups excluding carboxylic acids is 2. The van der Waals surface area contributed by atoms with Crippen molar-refractivity contribution in [2.45, 2.75) is 6.42 Å². The fourth-order valence-corrected chi connectivity index (χ4v) is 3.52. The molecule has 2 aromatic rings. The smallest absolute Gasteiger partial charge is 0.293 e. The van der Waals surface area contributed by atoms with Crippen LogP contribution < -0.4 is 4.74 Å². The fourth-order valence-electron chi connectivity index (χ4n) is 2.67. The zero-order valence-corrected chi connectivity index (χ0v) is 15.3. The van der Waals surface area contributed by atoms with E-state index in [2.05, 4.69) is 0 Å². The molecule has 0 N–H and O–H groups in total. The topological polar surface area (TPSA) is 89.8 Å². The summed E-state index contributed by atoms with van der Waals surface area (Å²) in [5.41, 5.74) is 1.28. The van der Waals surface area contributed by atoms with Crippen LogP contribution in [0.2, 0.25) is 0 Å². The first-order valence-electron chi connectivity index (χ1n) is 8.11. The van der Waals surface area contributed by atoms with E-state index < -0.39 is 10.8 Å². The molecule has 0 unspecified atom stereocenters. The summed E-state index contributed by atoms with van der Waals surface area (Å²) in [6.45, 7) is 0.276. The van der Waals surface area contributed by atoms with Gasteiger partial charge in [0.25, 0.3) is 16.8 Å². The number of nitro benzene ring substituents is 1. The lowest BCUT2D eigenvalue weighted by Gasteiger charge is -2.12. The molecule has 0 radical (unpaired) electrons. The van der Waals surface area contributed by atoms with Gasteiger partial charge < -0.3 is 4.74 Å². The van der Waals surface area contributed by atoms with Crippen molar-refractivity contribution in [3.8, 4) is 5.75 Å². The second-order valence-electron chi connectivity index (χ2n) is 5.75. The summed E-state index contributed by atoms with van der Waals surface area (Å²) in [4.78, 5) is 36.7.